The molecule has 0 aliphatic heterocycles. The Kier molecular flexibility index (Phi) is 4.99. The van der Waals surface area contributed by atoms with E-state index in [1.54, 1.807) is 6.92 Å². The zero-order valence-corrected chi connectivity index (χ0v) is 8.84. The van der Waals surface area contributed by atoms with Gasteiger partial charge < -0.3 is 10.8 Å². The number of aliphatic carboxylic acids is 1. The minimum atomic E-state index is -1.07. The molecule has 0 saturated heterocycles. The maximum absolute atomic E-state index is 10.9. The van der Waals surface area contributed by atoms with E-state index in [0.29, 0.717) is 0 Å². The van der Waals surface area contributed by atoms with Crippen molar-refractivity contribution < 1.29 is 9.90 Å². The molecule has 0 aliphatic rings. The molecule has 0 saturated carbocycles. The largest absolute Gasteiger partial charge is 0.480 e. The minimum absolute atomic E-state index is 0.0879. The zero-order valence-electron chi connectivity index (χ0n) is 8.84. The normalized spacial score (nSPS) is 17.8. The van der Waals surface area contributed by atoms with Crippen LogP contribution in [-0.4, -0.2) is 16.6 Å². The Morgan fingerprint density at radius 3 is 2.38 bits per heavy atom. The van der Waals surface area contributed by atoms with E-state index in [0.717, 1.165) is 25.7 Å². The molecule has 0 aromatic heterocycles. The second kappa shape index (κ2) is 5.22. The molecule has 0 aromatic carbocycles. The predicted molar refractivity (Wildman–Crippen MR) is 53.5 cm³/mol. The number of carbonyl (C=O) groups is 1. The van der Waals surface area contributed by atoms with Crippen molar-refractivity contribution in [3.8, 4) is 0 Å². The van der Waals surface area contributed by atoms with Crippen LogP contribution in [0.4, 0.5) is 0 Å². The Hall–Kier alpha value is -0.570. The van der Waals surface area contributed by atoms with E-state index in [-0.39, 0.29) is 5.92 Å². The van der Waals surface area contributed by atoms with Crippen molar-refractivity contribution in [2.75, 3.05) is 0 Å². The monoisotopic (exact) mass is 187 g/mol. The zero-order chi connectivity index (χ0) is 10.5. The first-order chi connectivity index (χ1) is 5.96. The number of rotatable bonds is 6. The molecule has 2 unspecified atom stereocenters. The molecular weight excluding hydrogens is 166 g/mol. The molecule has 0 radical (unpaired) electrons. The fraction of sp³-hybridized carbons (Fsp3) is 0.900. The summed E-state index contributed by atoms with van der Waals surface area (Å²) in [6.45, 7) is 5.70. The van der Waals surface area contributed by atoms with Crippen LogP contribution in [0.5, 0.6) is 0 Å². The second-order valence-electron chi connectivity index (χ2n) is 3.84. The standard InChI is InChI=1S/C10H21NO2/c1-4-6-7-8(5-2)10(3,11)9(12)13/h8H,4-7,11H2,1-3H3,(H,12,13). The molecule has 0 rings (SSSR count). The molecule has 0 bridgehead atoms. The number of hydrogen-bond donors (Lipinski definition) is 2. The fourth-order valence-electron chi connectivity index (χ4n) is 1.55. The quantitative estimate of drug-likeness (QED) is 0.668. The van der Waals surface area contributed by atoms with Gasteiger partial charge in [-0.1, -0.05) is 33.1 Å². The molecule has 78 valence electrons. The summed E-state index contributed by atoms with van der Waals surface area (Å²) in [4.78, 5) is 10.9. The molecule has 0 aliphatic carbocycles. The van der Waals surface area contributed by atoms with Crippen molar-refractivity contribution in [2.45, 2.75) is 52.0 Å². The Morgan fingerprint density at radius 2 is 2.08 bits per heavy atom. The number of carboxylic acids is 1. The second-order valence-corrected chi connectivity index (χ2v) is 3.84. The van der Waals surface area contributed by atoms with Crippen molar-refractivity contribution in [3.63, 3.8) is 0 Å². The lowest BCUT2D eigenvalue weighted by molar-refractivity contribution is -0.145. The Balaban J connectivity index is 4.28. The summed E-state index contributed by atoms with van der Waals surface area (Å²) >= 11 is 0. The van der Waals surface area contributed by atoms with Gasteiger partial charge >= 0.3 is 5.97 Å². The van der Waals surface area contributed by atoms with Gasteiger partial charge in [-0.2, -0.15) is 0 Å². The highest BCUT2D eigenvalue weighted by Crippen LogP contribution is 2.24. The summed E-state index contributed by atoms with van der Waals surface area (Å²) in [5, 5.41) is 8.92. The first-order valence-corrected chi connectivity index (χ1v) is 4.99. The van der Waals surface area contributed by atoms with Gasteiger partial charge in [-0.15, -0.1) is 0 Å². The van der Waals surface area contributed by atoms with Gasteiger partial charge in [0.2, 0.25) is 0 Å². The van der Waals surface area contributed by atoms with Crippen LogP contribution in [0.3, 0.4) is 0 Å². The molecule has 0 spiro atoms. The number of carboxylic acid groups (broad SMARTS) is 1. The molecular formula is C10H21NO2. The summed E-state index contributed by atoms with van der Waals surface area (Å²) in [5.74, 6) is -0.805. The third-order valence-corrected chi connectivity index (χ3v) is 2.71. The van der Waals surface area contributed by atoms with Crippen molar-refractivity contribution >= 4 is 5.97 Å². The summed E-state index contributed by atoms with van der Waals surface area (Å²) in [6, 6.07) is 0. The van der Waals surface area contributed by atoms with Crippen molar-refractivity contribution in [1.82, 2.24) is 0 Å². The van der Waals surface area contributed by atoms with Gasteiger partial charge in [-0.05, 0) is 19.3 Å². The molecule has 2 atom stereocenters. The van der Waals surface area contributed by atoms with Crippen LogP contribution in [-0.2, 0) is 4.79 Å². The fourth-order valence-corrected chi connectivity index (χ4v) is 1.55. The maximum atomic E-state index is 10.9. The summed E-state index contributed by atoms with van der Waals surface area (Å²) in [5.41, 5.74) is 4.69. The molecule has 3 heteroatoms. The Bertz CT molecular complexity index is 166. The molecule has 0 aromatic rings. The first-order valence-electron chi connectivity index (χ1n) is 4.99. The van der Waals surface area contributed by atoms with Crippen LogP contribution in [0.1, 0.15) is 46.5 Å². The molecule has 0 amide bonds. The molecule has 0 fully saturated rings. The smallest absolute Gasteiger partial charge is 0.323 e. The van der Waals surface area contributed by atoms with E-state index in [1.807, 2.05) is 6.92 Å². The molecule has 0 heterocycles. The third kappa shape index (κ3) is 3.35. The summed E-state index contributed by atoms with van der Waals surface area (Å²) in [7, 11) is 0. The van der Waals surface area contributed by atoms with E-state index in [9.17, 15) is 4.79 Å². The van der Waals surface area contributed by atoms with Crippen molar-refractivity contribution in [3.05, 3.63) is 0 Å². The van der Waals surface area contributed by atoms with Gasteiger partial charge in [0.05, 0.1) is 0 Å². The van der Waals surface area contributed by atoms with Gasteiger partial charge in [0.25, 0.3) is 0 Å². The molecule has 13 heavy (non-hydrogen) atoms. The number of nitrogens with two attached hydrogens (primary N) is 1. The minimum Gasteiger partial charge on any atom is -0.480 e. The highest BCUT2D eigenvalue weighted by atomic mass is 16.4. The Morgan fingerprint density at radius 1 is 1.54 bits per heavy atom. The van der Waals surface area contributed by atoms with Crippen molar-refractivity contribution in [2.24, 2.45) is 11.7 Å². The van der Waals surface area contributed by atoms with E-state index >= 15 is 0 Å². The third-order valence-electron chi connectivity index (χ3n) is 2.71. The van der Waals surface area contributed by atoms with Crippen LogP contribution in [0.25, 0.3) is 0 Å². The van der Waals surface area contributed by atoms with Crippen LogP contribution in [0, 0.1) is 5.92 Å². The maximum Gasteiger partial charge on any atom is 0.323 e. The first kappa shape index (κ1) is 12.4. The van der Waals surface area contributed by atoms with Gasteiger partial charge in [0.15, 0.2) is 0 Å². The number of hydrogen-bond acceptors (Lipinski definition) is 2. The highest BCUT2D eigenvalue weighted by molar-refractivity contribution is 5.78. The molecule has 3 nitrogen and oxygen atoms in total. The van der Waals surface area contributed by atoms with E-state index in [4.69, 9.17) is 10.8 Å². The van der Waals surface area contributed by atoms with Gasteiger partial charge in [0, 0.05) is 0 Å². The predicted octanol–water partition coefficient (Wildman–Crippen LogP) is 2.00. The van der Waals surface area contributed by atoms with Crippen molar-refractivity contribution in [1.29, 1.82) is 0 Å². The lowest BCUT2D eigenvalue weighted by atomic mass is 9.81. The lowest BCUT2D eigenvalue weighted by Crippen LogP contribution is -2.51. The average Bonchev–Trinajstić information content (AvgIpc) is 2.05. The average molecular weight is 187 g/mol. The summed E-state index contributed by atoms with van der Waals surface area (Å²) in [6.07, 6.45) is 3.89. The van der Waals surface area contributed by atoms with E-state index in [1.165, 1.54) is 0 Å². The van der Waals surface area contributed by atoms with E-state index < -0.39 is 11.5 Å². The van der Waals surface area contributed by atoms with Gasteiger partial charge in [0.1, 0.15) is 5.54 Å². The topological polar surface area (TPSA) is 63.3 Å². The Labute approximate surface area is 80.3 Å². The van der Waals surface area contributed by atoms with E-state index in [2.05, 4.69) is 6.92 Å². The molecule has 3 N–H and O–H groups in total. The summed E-state index contributed by atoms with van der Waals surface area (Å²) < 4.78 is 0. The SMILES string of the molecule is CCCCC(CC)C(C)(N)C(=O)O. The van der Waals surface area contributed by atoms with Crippen LogP contribution in [0.15, 0.2) is 0 Å². The van der Waals surface area contributed by atoms with Gasteiger partial charge in [-0.3, -0.25) is 4.79 Å². The van der Waals surface area contributed by atoms with Gasteiger partial charge in [-0.25, -0.2) is 0 Å². The van der Waals surface area contributed by atoms with Crippen LogP contribution >= 0.6 is 0 Å². The number of unbranched alkanes of at least 4 members (excludes halogenated alkanes) is 1. The lowest BCUT2D eigenvalue weighted by Gasteiger charge is -2.29. The van der Waals surface area contributed by atoms with Crippen LogP contribution in [0.2, 0.25) is 0 Å². The van der Waals surface area contributed by atoms with Crippen LogP contribution < -0.4 is 5.73 Å². The highest BCUT2D eigenvalue weighted by Gasteiger charge is 2.35.